The first-order valence-corrected chi connectivity index (χ1v) is 9.08. The van der Waals surface area contributed by atoms with E-state index in [0.717, 1.165) is 18.8 Å². The highest BCUT2D eigenvalue weighted by Gasteiger charge is 2.10. The normalized spacial score (nSPS) is 16.3. The van der Waals surface area contributed by atoms with Gasteiger partial charge in [-0.2, -0.15) is 0 Å². The molecule has 0 bridgehead atoms. The second-order valence-electron chi connectivity index (χ2n) is 5.69. The lowest BCUT2D eigenvalue weighted by atomic mass is 9.95. The second kappa shape index (κ2) is 10.9. The van der Waals surface area contributed by atoms with Gasteiger partial charge in [0.05, 0.1) is 6.26 Å². The van der Waals surface area contributed by atoms with Crippen molar-refractivity contribution < 1.29 is 4.55 Å². The van der Waals surface area contributed by atoms with Gasteiger partial charge >= 0.3 is 0 Å². The van der Waals surface area contributed by atoms with Crippen molar-refractivity contribution in [2.75, 3.05) is 6.26 Å². The SMILES string of the molecule is C=C(CC)CCC(C)CCCCCC(C)[S+](C)[O-]. The van der Waals surface area contributed by atoms with Crippen molar-refractivity contribution in [2.45, 2.75) is 77.4 Å². The van der Waals surface area contributed by atoms with Gasteiger partial charge in [0.1, 0.15) is 5.25 Å². The summed E-state index contributed by atoms with van der Waals surface area (Å²) in [5.74, 6) is 0.825. The van der Waals surface area contributed by atoms with E-state index in [4.69, 9.17) is 0 Å². The van der Waals surface area contributed by atoms with E-state index >= 15 is 0 Å². The Balaban J connectivity index is 3.40. The first kappa shape index (κ1) is 18.0. The molecule has 0 radical (unpaired) electrons. The molecule has 0 aromatic rings. The predicted octanol–water partition coefficient (Wildman–Crippen LogP) is 5.09. The Morgan fingerprint density at radius 3 is 2.28 bits per heavy atom. The van der Waals surface area contributed by atoms with Crippen LogP contribution in [0.4, 0.5) is 0 Å². The molecule has 2 heteroatoms. The van der Waals surface area contributed by atoms with Crippen LogP contribution in [-0.4, -0.2) is 16.1 Å². The molecule has 3 atom stereocenters. The molecule has 0 heterocycles. The minimum Gasteiger partial charge on any atom is -0.616 e. The maximum atomic E-state index is 11.2. The lowest BCUT2D eigenvalue weighted by molar-refractivity contribution is 0.455. The van der Waals surface area contributed by atoms with E-state index in [9.17, 15) is 4.55 Å². The van der Waals surface area contributed by atoms with E-state index in [0.29, 0.717) is 5.25 Å². The third-order valence-electron chi connectivity index (χ3n) is 3.86. The van der Waals surface area contributed by atoms with Crippen molar-refractivity contribution in [3.8, 4) is 0 Å². The van der Waals surface area contributed by atoms with Crippen molar-refractivity contribution in [1.29, 1.82) is 0 Å². The first-order chi connectivity index (χ1) is 8.47. The van der Waals surface area contributed by atoms with Crippen LogP contribution in [0.1, 0.15) is 72.1 Å². The Labute approximate surface area is 118 Å². The number of rotatable bonds is 11. The molecule has 0 N–H and O–H groups in total. The molecule has 1 nitrogen and oxygen atoms in total. The van der Waals surface area contributed by atoms with Crippen LogP contribution in [0.3, 0.4) is 0 Å². The standard InChI is InChI=1S/C16H32OS/c1-6-14(2)12-13-15(3)10-8-7-9-11-16(4)18(5)17/h15-16H,2,6-13H2,1,3-5H3. The molecule has 0 spiro atoms. The molecule has 0 fully saturated rings. The Morgan fingerprint density at radius 2 is 1.72 bits per heavy atom. The maximum Gasteiger partial charge on any atom is 0.112 e. The summed E-state index contributed by atoms with van der Waals surface area (Å²) < 4.78 is 11.2. The molecule has 18 heavy (non-hydrogen) atoms. The summed E-state index contributed by atoms with van der Waals surface area (Å²) in [6.07, 6.45) is 11.7. The Morgan fingerprint density at radius 1 is 1.11 bits per heavy atom. The summed E-state index contributed by atoms with van der Waals surface area (Å²) in [5.41, 5.74) is 1.39. The summed E-state index contributed by atoms with van der Waals surface area (Å²) in [5, 5.41) is 0.371. The molecule has 0 saturated heterocycles. The molecule has 3 unspecified atom stereocenters. The van der Waals surface area contributed by atoms with E-state index in [1.165, 1.54) is 44.1 Å². The van der Waals surface area contributed by atoms with Crippen molar-refractivity contribution in [3.63, 3.8) is 0 Å². The van der Waals surface area contributed by atoms with Gasteiger partial charge in [0.2, 0.25) is 0 Å². The molecule has 0 aliphatic rings. The van der Waals surface area contributed by atoms with Crippen molar-refractivity contribution in [3.05, 3.63) is 12.2 Å². The van der Waals surface area contributed by atoms with Crippen LogP contribution >= 0.6 is 0 Å². The summed E-state index contributed by atoms with van der Waals surface area (Å²) in [6, 6.07) is 0. The lowest BCUT2D eigenvalue weighted by Gasteiger charge is -2.14. The summed E-state index contributed by atoms with van der Waals surface area (Å²) in [7, 11) is 0. The number of allylic oxidation sites excluding steroid dienone is 1. The lowest BCUT2D eigenvalue weighted by Crippen LogP contribution is -2.15. The van der Waals surface area contributed by atoms with Gasteiger partial charge in [0.25, 0.3) is 0 Å². The molecule has 0 amide bonds. The van der Waals surface area contributed by atoms with Gasteiger partial charge < -0.3 is 4.55 Å². The number of hydrogen-bond donors (Lipinski definition) is 0. The predicted molar refractivity (Wildman–Crippen MR) is 84.4 cm³/mol. The topological polar surface area (TPSA) is 23.1 Å². The van der Waals surface area contributed by atoms with Crippen LogP contribution in [0.2, 0.25) is 0 Å². The molecular formula is C16H32OS. The molecule has 0 saturated carbocycles. The highest BCUT2D eigenvalue weighted by molar-refractivity contribution is 7.91. The molecular weight excluding hydrogens is 240 g/mol. The highest BCUT2D eigenvalue weighted by Crippen LogP contribution is 2.19. The fourth-order valence-electron chi connectivity index (χ4n) is 2.04. The Kier molecular flexibility index (Phi) is 11.0. The maximum absolute atomic E-state index is 11.2. The van der Waals surface area contributed by atoms with Gasteiger partial charge in [-0.25, -0.2) is 0 Å². The van der Waals surface area contributed by atoms with Crippen LogP contribution in [-0.2, 0) is 11.2 Å². The zero-order valence-electron chi connectivity index (χ0n) is 12.8. The molecule has 0 aromatic carbocycles. The largest absolute Gasteiger partial charge is 0.616 e. The molecule has 108 valence electrons. The van der Waals surface area contributed by atoms with E-state index in [1.54, 1.807) is 0 Å². The van der Waals surface area contributed by atoms with Crippen molar-refractivity contribution in [2.24, 2.45) is 5.92 Å². The van der Waals surface area contributed by atoms with Crippen LogP contribution in [0.5, 0.6) is 0 Å². The zero-order valence-corrected chi connectivity index (χ0v) is 13.7. The van der Waals surface area contributed by atoms with Crippen molar-refractivity contribution in [1.82, 2.24) is 0 Å². The van der Waals surface area contributed by atoms with E-state index in [1.807, 2.05) is 6.26 Å². The fraction of sp³-hybridized carbons (Fsp3) is 0.875. The van der Waals surface area contributed by atoms with Crippen LogP contribution in [0.15, 0.2) is 12.2 Å². The average Bonchev–Trinajstić information content (AvgIpc) is 2.34. The molecule has 0 aliphatic carbocycles. The van der Waals surface area contributed by atoms with Crippen molar-refractivity contribution >= 4 is 11.2 Å². The summed E-state index contributed by atoms with van der Waals surface area (Å²) in [4.78, 5) is 0. The quantitative estimate of drug-likeness (QED) is 0.292. The Bertz CT molecular complexity index is 213. The number of hydrogen-bond acceptors (Lipinski definition) is 1. The van der Waals surface area contributed by atoms with E-state index in [2.05, 4.69) is 27.4 Å². The van der Waals surface area contributed by atoms with E-state index < -0.39 is 11.2 Å². The summed E-state index contributed by atoms with van der Waals surface area (Å²) in [6.45, 7) is 10.7. The van der Waals surface area contributed by atoms with Crippen LogP contribution in [0, 0.1) is 5.92 Å². The van der Waals surface area contributed by atoms with Gasteiger partial charge in [-0.15, -0.1) is 0 Å². The first-order valence-electron chi connectivity index (χ1n) is 7.46. The smallest absolute Gasteiger partial charge is 0.112 e. The van der Waals surface area contributed by atoms with Gasteiger partial charge in [-0.1, -0.05) is 56.4 Å². The number of unbranched alkanes of at least 4 members (excludes halogenated alkanes) is 2. The Hall–Kier alpha value is 0.0500. The van der Waals surface area contributed by atoms with Crippen LogP contribution < -0.4 is 0 Å². The zero-order chi connectivity index (χ0) is 14.0. The fourth-order valence-corrected chi connectivity index (χ4v) is 2.54. The minimum absolute atomic E-state index is 0.371. The van der Waals surface area contributed by atoms with Gasteiger partial charge in [0.15, 0.2) is 0 Å². The van der Waals surface area contributed by atoms with Gasteiger partial charge in [-0.3, -0.25) is 0 Å². The average molecular weight is 272 g/mol. The van der Waals surface area contributed by atoms with Crippen LogP contribution in [0.25, 0.3) is 0 Å². The second-order valence-corrected chi connectivity index (χ2v) is 7.50. The monoisotopic (exact) mass is 272 g/mol. The minimum atomic E-state index is -0.644. The third kappa shape index (κ3) is 10.0. The highest BCUT2D eigenvalue weighted by atomic mass is 32.2. The molecule has 0 rings (SSSR count). The molecule has 0 aromatic heterocycles. The third-order valence-corrected chi connectivity index (χ3v) is 5.23. The van der Waals surface area contributed by atoms with Gasteiger partial charge in [0, 0.05) is 0 Å². The van der Waals surface area contributed by atoms with Gasteiger partial charge in [-0.05, 0) is 44.9 Å². The molecule has 0 aliphatic heterocycles. The van der Waals surface area contributed by atoms with E-state index in [-0.39, 0.29) is 0 Å². The summed E-state index contributed by atoms with van der Waals surface area (Å²) >= 11 is -0.644.